The van der Waals surface area contributed by atoms with Crippen molar-refractivity contribution in [2.45, 2.75) is 20.4 Å². The molecule has 0 saturated carbocycles. The lowest BCUT2D eigenvalue weighted by Gasteiger charge is -2.09. The quantitative estimate of drug-likeness (QED) is 0.823. The number of carbonyl (C=O) groups excluding carboxylic acids is 1. The second-order valence-corrected chi connectivity index (χ2v) is 4.70. The molecule has 6 nitrogen and oxygen atoms in total. The van der Waals surface area contributed by atoms with Crippen LogP contribution in [0.5, 0.6) is 11.6 Å². The third-order valence-electron chi connectivity index (χ3n) is 2.97. The van der Waals surface area contributed by atoms with E-state index in [1.165, 1.54) is 0 Å². The average molecular weight is 315 g/mol. The molecule has 2 aromatic rings. The van der Waals surface area contributed by atoms with Crippen molar-refractivity contribution in [2.24, 2.45) is 0 Å². The maximum absolute atomic E-state index is 11.9. The van der Waals surface area contributed by atoms with Crippen LogP contribution >= 0.6 is 0 Å². The minimum atomic E-state index is -0.274. The Labute approximate surface area is 135 Å². The Bertz CT molecular complexity index is 629. The zero-order chi connectivity index (χ0) is 16.5. The van der Waals surface area contributed by atoms with Crippen LogP contribution in [0.4, 0.5) is 10.5 Å². The summed E-state index contributed by atoms with van der Waals surface area (Å²) in [4.78, 5) is 16.0. The van der Waals surface area contributed by atoms with Crippen molar-refractivity contribution in [1.82, 2.24) is 10.3 Å². The number of benzene rings is 1. The van der Waals surface area contributed by atoms with Crippen molar-refractivity contribution in [3.8, 4) is 11.6 Å². The molecule has 2 amide bonds. The highest BCUT2D eigenvalue weighted by Gasteiger charge is 2.03. The Morgan fingerprint density at radius 1 is 1.09 bits per heavy atom. The first-order valence-corrected chi connectivity index (χ1v) is 7.56. The maximum atomic E-state index is 11.9. The largest absolute Gasteiger partial charge is 0.494 e. The lowest BCUT2D eigenvalue weighted by molar-refractivity contribution is 0.251. The summed E-state index contributed by atoms with van der Waals surface area (Å²) < 4.78 is 10.7. The summed E-state index contributed by atoms with van der Waals surface area (Å²) in [7, 11) is 0. The molecule has 1 aromatic heterocycles. The number of nitrogens with one attached hydrogen (secondary N) is 2. The molecule has 0 aliphatic carbocycles. The van der Waals surface area contributed by atoms with Gasteiger partial charge in [0.15, 0.2) is 0 Å². The lowest BCUT2D eigenvalue weighted by atomic mass is 10.2. The van der Waals surface area contributed by atoms with E-state index >= 15 is 0 Å². The van der Waals surface area contributed by atoms with Gasteiger partial charge in [-0.3, -0.25) is 0 Å². The fraction of sp³-hybridized carbons (Fsp3) is 0.294. The summed E-state index contributed by atoms with van der Waals surface area (Å²) in [6.07, 6.45) is 1.66. The third-order valence-corrected chi connectivity index (χ3v) is 2.97. The van der Waals surface area contributed by atoms with E-state index < -0.39 is 0 Å². The predicted octanol–water partition coefficient (Wildman–Crippen LogP) is 3.20. The van der Waals surface area contributed by atoms with Crippen LogP contribution in [0.2, 0.25) is 0 Å². The highest BCUT2D eigenvalue weighted by Crippen LogP contribution is 2.15. The number of hydrogen-bond donors (Lipinski definition) is 2. The molecule has 2 rings (SSSR count). The predicted molar refractivity (Wildman–Crippen MR) is 88.9 cm³/mol. The van der Waals surface area contributed by atoms with Crippen molar-refractivity contribution in [3.05, 3.63) is 48.2 Å². The zero-order valence-electron chi connectivity index (χ0n) is 13.3. The molecule has 0 bridgehead atoms. The summed E-state index contributed by atoms with van der Waals surface area (Å²) in [6.45, 7) is 5.39. The fourth-order valence-electron chi connectivity index (χ4n) is 1.95. The molecule has 0 unspecified atom stereocenters. The molecular formula is C17H21N3O3. The Balaban J connectivity index is 1.83. The molecule has 1 aromatic carbocycles. The van der Waals surface area contributed by atoms with Crippen LogP contribution in [0.1, 0.15) is 19.4 Å². The van der Waals surface area contributed by atoms with Crippen LogP contribution < -0.4 is 20.1 Å². The van der Waals surface area contributed by atoms with Crippen molar-refractivity contribution in [1.29, 1.82) is 0 Å². The van der Waals surface area contributed by atoms with Crippen LogP contribution in [-0.4, -0.2) is 24.2 Å². The number of urea groups is 1. The molecular weight excluding hydrogens is 294 g/mol. The number of rotatable bonds is 7. The minimum Gasteiger partial charge on any atom is -0.494 e. The molecule has 2 N–H and O–H groups in total. The second kappa shape index (κ2) is 8.63. The van der Waals surface area contributed by atoms with Gasteiger partial charge in [-0.2, -0.15) is 0 Å². The van der Waals surface area contributed by atoms with Crippen LogP contribution in [0.15, 0.2) is 42.6 Å². The number of nitrogens with zero attached hydrogens (tertiary/aromatic N) is 1. The summed E-state index contributed by atoms with van der Waals surface area (Å²) in [5.74, 6) is 1.33. The Morgan fingerprint density at radius 3 is 2.52 bits per heavy atom. The number of pyridine rings is 1. The number of carbonyl (C=O) groups is 1. The molecule has 6 heteroatoms. The van der Waals surface area contributed by atoms with E-state index in [0.29, 0.717) is 31.3 Å². The number of hydrogen-bond acceptors (Lipinski definition) is 4. The summed E-state index contributed by atoms with van der Waals surface area (Å²) in [5, 5.41) is 5.56. The number of aromatic nitrogens is 1. The van der Waals surface area contributed by atoms with Gasteiger partial charge < -0.3 is 20.1 Å². The summed E-state index contributed by atoms with van der Waals surface area (Å²) in [5.41, 5.74) is 1.63. The smallest absolute Gasteiger partial charge is 0.319 e. The van der Waals surface area contributed by atoms with Gasteiger partial charge >= 0.3 is 6.03 Å². The molecule has 0 saturated heterocycles. The number of amides is 2. The SMILES string of the molecule is CCOc1ccc(NC(=O)NCc2ccnc(OCC)c2)cc1. The van der Waals surface area contributed by atoms with E-state index in [1.54, 1.807) is 24.4 Å². The topological polar surface area (TPSA) is 72.5 Å². The van der Waals surface area contributed by atoms with E-state index in [9.17, 15) is 4.79 Å². The lowest BCUT2D eigenvalue weighted by Crippen LogP contribution is -2.28. The van der Waals surface area contributed by atoms with Crippen molar-refractivity contribution in [3.63, 3.8) is 0 Å². The maximum Gasteiger partial charge on any atom is 0.319 e. The first kappa shape index (κ1) is 16.6. The minimum absolute atomic E-state index is 0.274. The standard InChI is InChI=1S/C17H21N3O3/c1-3-22-15-7-5-14(6-8-15)20-17(21)19-12-13-9-10-18-16(11-13)23-4-2/h5-11H,3-4,12H2,1-2H3,(H2,19,20,21). The van der Waals surface area contributed by atoms with Gasteiger partial charge in [-0.1, -0.05) is 0 Å². The molecule has 122 valence electrons. The van der Waals surface area contributed by atoms with Crippen LogP contribution in [-0.2, 0) is 6.54 Å². The molecule has 0 aliphatic heterocycles. The molecule has 0 spiro atoms. The summed E-state index contributed by atoms with van der Waals surface area (Å²) in [6, 6.07) is 10.6. The molecule has 0 atom stereocenters. The van der Waals surface area contributed by atoms with Gasteiger partial charge in [-0.15, -0.1) is 0 Å². The number of anilines is 1. The highest BCUT2D eigenvalue weighted by molar-refractivity contribution is 5.89. The average Bonchev–Trinajstić information content (AvgIpc) is 2.56. The van der Waals surface area contributed by atoms with E-state index in [2.05, 4.69) is 15.6 Å². The van der Waals surface area contributed by atoms with Crippen molar-refractivity contribution in [2.75, 3.05) is 18.5 Å². The van der Waals surface area contributed by atoms with Gasteiger partial charge in [0.2, 0.25) is 5.88 Å². The molecule has 0 radical (unpaired) electrons. The van der Waals surface area contributed by atoms with Crippen molar-refractivity contribution < 1.29 is 14.3 Å². The molecule has 1 heterocycles. The van der Waals surface area contributed by atoms with Gasteiger partial charge in [-0.25, -0.2) is 9.78 Å². The monoisotopic (exact) mass is 315 g/mol. The fourth-order valence-corrected chi connectivity index (χ4v) is 1.95. The Kier molecular flexibility index (Phi) is 6.23. The molecule has 0 aliphatic rings. The van der Waals surface area contributed by atoms with Crippen LogP contribution in [0.3, 0.4) is 0 Å². The first-order chi connectivity index (χ1) is 11.2. The van der Waals surface area contributed by atoms with E-state index in [4.69, 9.17) is 9.47 Å². The van der Waals surface area contributed by atoms with E-state index in [1.807, 2.05) is 32.0 Å². The first-order valence-electron chi connectivity index (χ1n) is 7.56. The zero-order valence-corrected chi connectivity index (χ0v) is 13.3. The van der Waals surface area contributed by atoms with Gasteiger partial charge in [-0.05, 0) is 49.7 Å². The van der Waals surface area contributed by atoms with Gasteiger partial charge in [0.25, 0.3) is 0 Å². The number of ether oxygens (including phenoxy) is 2. The van der Waals surface area contributed by atoms with Crippen LogP contribution in [0, 0.1) is 0 Å². The normalized spacial score (nSPS) is 10.0. The van der Waals surface area contributed by atoms with Gasteiger partial charge in [0, 0.05) is 24.5 Å². The molecule has 23 heavy (non-hydrogen) atoms. The van der Waals surface area contributed by atoms with Crippen LogP contribution in [0.25, 0.3) is 0 Å². The van der Waals surface area contributed by atoms with E-state index in [0.717, 1.165) is 11.3 Å². The highest BCUT2D eigenvalue weighted by atomic mass is 16.5. The Morgan fingerprint density at radius 2 is 1.83 bits per heavy atom. The second-order valence-electron chi connectivity index (χ2n) is 4.70. The third kappa shape index (κ3) is 5.50. The molecule has 0 fully saturated rings. The van der Waals surface area contributed by atoms with E-state index in [-0.39, 0.29) is 6.03 Å². The Hall–Kier alpha value is -2.76. The van der Waals surface area contributed by atoms with Crippen molar-refractivity contribution >= 4 is 11.7 Å². The summed E-state index contributed by atoms with van der Waals surface area (Å²) >= 11 is 0. The van der Waals surface area contributed by atoms with Gasteiger partial charge in [0.1, 0.15) is 5.75 Å². The van der Waals surface area contributed by atoms with Gasteiger partial charge in [0.05, 0.1) is 13.2 Å².